The highest BCUT2D eigenvalue weighted by Gasteiger charge is 2.39. The molecule has 1 aromatic carbocycles. The van der Waals surface area contributed by atoms with Crippen LogP contribution in [-0.4, -0.2) is 29.3 Å². The molecule has 1 fully saturated rings. The molecule has 0 atom stereocenters. The molecule has 0 aliphatic heterocycles. The normalized spacial score (nSPS) is 15.8. The van der Waals surface area contributed by atoms with Crippen LogP contribution in [0, 0.1) is 5.41 Å². The van der Waals surface area contributed by atoms with Crippen LogP contribution in [0.2, 0.25) is 0 Å². The Morgan fingerprint density at radius 1 is 1.12 bits per heavy atom. The zero-order chi connectivity index (χ0) is 17.6. The molecular formula is C20H30N2O2. The van der Waals surface area contributed by atoms with Gasteiger partial charge in [0.05, 0.1) is 0 Å². The number of amides is 2. The minimum Gasteiger partial charge on any atom is -0.352 e. The highest BCUT2D eigenvalue weighted by molar-refractivity contribution is 6.04. The van der Waals surface area contributed by atoms with Crippen molar-refractivity contribution < 1.29 is 9.59 Å². The second-order valence-corrected chi connectivity index (χ2v) is 7.24. The first-order valence-electron chi connectivity index (χ1n) is 9.09. The van der Waals surface area contributed by atoms with Gasteiger partial charge in [-0.1, -0.05) is 49.6 Å². The van der Waals surface area contributed by atoms with Gasteiger partial charge in [0.2, 0.25) is 11.8 Å². The second kappa shape index (κ2) is 8.32. The van der Waals surface area contributed by atoms with Gasteiger partial charge in [-0.2, -0.15) is 0 Å². The number of hydrogen-bond acceptors (Lipinski definition) is 2. The molecule has 24 heavy (non-hydrogen) atoms. The molecule has 0 saturated heterocycles. The first-order valence-corrected chi connectivity index (χ1v) is 9.09. The fraction of sp³-hybridized carbons (Fsp3) is 0.600. The van der Waals surface area contributed by atoms with E-state index >= 15 is 0 Å². The molecule has 2 rings (SSSR count). The van der Waals surface area contributed by atoms with E-state index in [-0.39, 0.29) is 17.9 Å². The van der Waals surface area contributed by atoms with Gasteiger partial charge in [-0.15, -0.1) is 0 Å². The third-order valence-corrected chi connectivity index (χ3v) is 4.93. The predicted octanol–water partition coefficient (Wildman–Crippen LogP) is 3.51. The first-order chi connectivity index (χ1) is 11.4. The van der Waals surface area contributed by atoms with Crippen molar-refractivity contribution in [2.24, 2.45) is 5.41 Å². The lowest BCUT2D eigenvalue weighted by Crippen LogP contribution is -2.51. The highest BCUT2D eigenvalue weighted by Crippen LogP contribution is 2.23. The molecule has 1 saturated carbocycles. The lowest BCUT2D eigenvalue weighted by Gasteiger charge is -2.32. The summed E-state index contributed by atoms with van der Waals surface area (Å²) in [5.74, 6) is -0.256. The van der Waals surface area contributed by atoms with E-state index in [2.05, 4.69) is 5.32 Å². The van der Waals surface area contributed by atoms with Crippen molar-refractivity contribution >= 4 is 11.8 Å². The van der Waals surface area contributed by atoms with Crippen LogP contribution < -0.4 is 5.32 Å². The van der Waals surface area contributed by atoms with Gasteiger partial charge in [-0.25, -0.2) is 0 Å². The average molecular weight is 330 g/mol. The Labute approximate surface area is 145 Å². The third-order valence-electron chi connectivity index (χ3n) is 4.93. The monoisotopic (exact) mass is 330 g/mol. The van der Waals surface area contributed by atoms with Crippen molar-refractivity contribution in [2.45, 2.75) is 65.5 Å². The van der Waals surface area contributed by atoms with Crippen molar-refractivity contribution in [3.63, 3.8) is 0 Å². The lowest BCUT2D eigenvalue weighted by atomic mass is 9.88. The Balaban J connectivity index is 2.01. The number of nitrogens with zero attached hydrogens (tertiary/aromatic N) is 1. The summed E-state index contributed by atoms with van der Waals surface area (Å²) in [7, 11) is 0. The Kier molecular flexibility index (Phi) is 6.41. The van der Waals surface area contributed by atoms with Crippen molar-refractivity contribution in [1.29, 1.82) is 0 Å². The van der Waals surface area contributed by atoms with E-state index < -0.39 is 5.41 Å². The maximum absolute atomic E-state index is 12.9. The van der Waals surface area contributed by atoms with Crippen LogP contribution in [0.25, 0.3) is 0 Å². The largest absolute Gasteiger partial charge is 0.352 e. The lowest BCUT2D eigenvalue weighted by molar-refractivity contribution is -0.149. The molecule has 0 bridgehead atoms. The third kappa shape index (κ3) is 4.59. The van der Waals surface area contributed by atoms with E-state index in [0.717, 1.165) is 31.2 Å². The maximum Gasteiger partial charge on any atom is 0.237 e. The number of hydrogen-bond donors (Lipinski definition) is 1. The van der Waals surface area contributed by atoms with Crippen LogP contribution in [0.4, 0.5) is 0 Å². The summed E-state index contributed by atoms with van der Waals surface area (Å²) < 4.78 is 0. The van der Waals surface area contributed by atoms with Crippen LogP contribution in [0.5, 0.6) is 0 Å². The van der Waals surface area contributed by atoms with Crippen LogP contribution in [0.3, 0.4) is 0 Å². The van der Waals surface area contributed by atoms with Gasteiger partial charge in [-0.3, -0.25) is 9.59 Å². The van der Waals surface area contributed by atoms with E-state index in [1.807, 2.05) is 37.3 Å². The van der Waals surface area contributed by atoms with Gasteiger partial charge >= 0.3 is 0 Å². The molecule has 1 aromatic rings. The molecule has 0 radical (unpaired) electrons. The summed E-state index contributed by atoms with van der Waals surface area (Å²) in [6.45, 7) is 6.56. The van der Waals surface area contributed by atoms with E-state index in [4.69, 9.17) is 0 Å². The Morgan fingerprint density at radius 3 is 2.33 bits per heavy atom. The van der Waals surface area contributed by atoms with Crippen LogP contribution >= 0.6 is 0 Å². The highest BCUT2D eigenvalue weighted by atomic mass is 16.2. The predicted molar refractivity (Wildman–Crippen MR) is 96.3 cm³/mol. The fourth-order valence-electron chi connectivity index (χ4n) is 3.24. The van der Waals surface area contributed by atoms with Gasteiger partial charge in [0.1, 0.15) is 5.41 Å². The van der Waals surface area contributed by atoms with Crippen LogP contribution in [0.15, 0.2) is 30.3 Å². The minimum absolute atomic E-state index is 0.109. The Bertz CT molecular complexity index is 548. The molecule has 0 unspecified atom stereocenters. The molecule has 1 aliphatic rings. The molecule has 4 nitrogen and oxygen atoms in total. The fourth-order valence-corrected chi connectivity index (χ4v) is 3.24. The summed E-state index contributed by atoms with van der Waals surface area (Å²) in [4.78, 5) is 27.4. The van der Waals surface area contributed by atoms with Crippen molar-refractivity contribution in [3.05, 3.63) is 35.9 Å². The number of carbonyl (C=O) groups excluding carboxylic acids is 2. The van der Waals surface area contributed by atoms with Gasteiger partial charge in [0.25, 0.3) is 0 Å². The van der Waals surface area contributed by atoms with E-state index in [9.17, 15) is 9.59 Å². The summed E-state index contributed by atoms with van der Waals surface area (Å²) in [6, 6.07) is 10.1. The minimum atomic E-state index is -1.04. The molecular weight excluding hydrogens is 300 g/mol. The number of rotatable bonds is 6. The molecule has 1 aliphatic carbocycles. The standard InChI is InChI=1S/C20H30N2O2/c1-4-22(15-16-11-7-5-8-12-16)19(24)20(2,3)18(23)21-17-13-9-6-10-14-17/h5,7-8,11-12,17H,4,6,9-10,13-15H2,1-3H3,(H,21,23). The summed E-state index contributed by atoms with van der Waals surface area (Å²) >= 11 is 0. The second-order valence-electron chi connectivity index (χ2n) is 7.24. The van der Waals surface area contributed by atoms with Crippen molar-refractivity contribution in [3.8, 4) is 0 Å². The average Bonchev–Trinajstić information content (AvgIpc) is 2.60. The Hall–Kier alpha value is -1.84. The van der Waals surface area contributed by atoms with E-state index in [0.29, 0.717) is 13.1 Å². The number of benzene rings is 1. The van der Waals surface area contributed by atoms with Crippen molar-refractivity contribution in [2.75, 3.05) is 6.54 Å². The van der Waals surface area contributed by atoms with Gasteiger partial charge in [-0.05, 0) is 39.2 Å². The summed E-state index contributed by atoms with van der Waals surface area (Å²) in [5.41, 5.74) is 0.0404. The van der Waals surface area contributed by atoms with E-state index in [1.54, 1.807) is 18.7 Å². The maximum atomic E-state index is 12.9. The van der Waals surface area contributed by atoms with Gasteiger partial charge < -0.3 is 10.2 Å². The Morgan fingerprint density at radius 2 is 1.75 bits per heavy atom. The van der Waals surface area contributed by atoms with Crippen molar-refractivity contribution in [1.82, 2.24) is 10.2 Å². The molecule has 0 aromatic heterocycles. The molecule has 0 spiro atoms. The first kappa shape index (κ1) is 18.5. The quantitative estimate of drug-likeness (QED) is 0.812. The summed E-state index contributed by atoms with van der Waals surface area (Å²) in [5, 5.41) is 3.10. The SMILES string of the molecule is CCN(Cc1ccccc1)C(=O)C(C)(C)C(=O)NC1CCCCC1. The molecule has 1 N–H and O–H groups in total. The zero-order valence-electron chi connectivity index (χ0n) is 15.2. The molecule has 4 heteroatoms. The van der Waals surface area contributed by atoms with Gasteiger partial charge in [0, 0.05) is 19.1 Å². The van der Waals surface area contributed by atoms with Crippen LogP contribution in [0.1, 0.15) is 58.4 Å². The van der Waals surface area contributed by atoms with Crippen LogP contribution in [-0.2, 0) is 16.1 Å². The smallest absolute Gasteiger partial charge is 0.237 e. The number of carbonyl (C=O) groups is 2. The number of nitrogens with one attached hydrogen (secondary N) is 1. The molecule has 132 valence electrons. The molecule has 2 amide bonds. The summed E-state index contributed by atoms with van der Waals surface area (Å²) in [6.07, 6.45) is 5.62. The zero-order valence-corrected chi connectivity index (χ0v) is 15.2. The molecule has 0 heterocycles. The topological polar surface area (TPSA) is 49.4 Å². The van der Waals surface area contributed by atoms with Gasteiger partial charge in [0.15, 0.2) is 0 Å². The van der Waals surface area contributed by atoms with E-state index in [1.165, 1.54) is 6.42 Å².